The molecule has 30 heavy (non-hydrogen) atoms. The molecule has 0 aliphatic carbocycles. The summed E-state index contributed by atoms with van der Waals surface area (Å²) in [6.45, 7) is 3.26. The highest BCUT2D eigenvalue weighted by molar-refractivity contribution is 8.23. The summed E-state index contributed by atoms with van der Waals surface area (Å²) in [5, 5.41) is 0. The molecule has 1 aromatic rings. The van der Waals surface area contributed by atoms with Gasteiger partial charge >= 0.3 is 13.0 Å². The number of amides is 1. The maximum atomic E-state index is 12.4. The highest BCUT2D eigenvalue weighted by Gasteiger charge is 2.22. The van der Waals surface area contributed by atoms with Gasteiger partial charge in [0.15, 0.2) is 11.5 Å². The number of ether oxygens (including phenoxy) is 6. The zero-order chi connectivity index (χ0) is 21.9. The van der Waals surface area contributed by atoms with Crippen molar-refractivity contribution in [1.29, 1.82) is 0 Å². The van der Waals surface area contributed by atoms with Gasteiger partial charge in [0.2, 0.25) is 0 Å². The van der Waals surface area contributed by atoms with Gasteiger partial charge in [-0.05, 0) is 37.6 Å². The minimum absolute atomic E-state index is 0.160. The second-order valence-electron chi connectivity index (χ2n) is 5.84. The topological polar surface area (TPSA) is 75.7 Å². The third kappa shape index (κ3) is 7.22. The van der Waals surface area contributed by atoms with Crippen LogP contribution < -0.4 is 9.47 Å². The average molecular weight is 458 g/mol. The number of rotatable bonds is 12. The van der Waals surface area contributed by atoms with Crippen LogP contribution in [0.25, 0.3) is 6.08 Å². The molecule has 0 saturated carbocycles. The standard InChI is InChI=1S/C20H27NO7S2/c1-5-25-19(23-3)27-15-9-7-14(13-16(15)28-20(24-4)26-6-2)8-10-17(22)21-11-12-30-18(21)29/h7-10,13,19-20H,5-6,11-12H2,1-4H3/b10-8+. The van der Waals surface area contributed by atoms with E-state index in [4.69, 9.17) is 40.6 Å². The molecule has 8 nitrogen and oxygen atoms in total. The molecule has 2 rings (SSSR count). The lowest BCUT2D eigenvalue weighted by Gasteiger charge is -2.22. The lowest BCUT2D eigenvalue weighted by molar-refractivity contribution is -0.241. The Bertz CT molecular complexity index is 744. The van der Waals surface area contributed by atoms with E-state index < -0.39 is 13.0 Å². The van der Waals surface area contributed by atoms with Crippen molar-refractivity contribution in [3.63, 3.8) is 0 Å². The Morgan fingerprint density at radius 1 is 1.13 bits per heavy atom. The summed E-state index contributed by atoms with van der Waals surface area (Å²) in [5.41, 5.74) is 0.722. The molecule has 0 aromatic heterocycles. The molecule has 1 amide bonds. The van der Waals surface area contributed by atoms with Crippen LogP contribution in [0.4, 0.5) is 0 Å². The van der Waals surface area contributed by atoms with E-state index in [2.05, 4.69) is 0 Å². The van der Waals surface area contributed by atoms with Crippen LogP contribution in [-0.4, -0.2) is 67.8 Å². The molecule has 2 atom stereocenters. The number of methoxy groups -OCH3 is 2. The first-order chi connectivity index (χ1) is 14.5. The normalized spacial score (nSPS) is 16.1. The fourth-order valence-corrected chi connectivity index (χ4v) is 3.67. The van der Waals surface area contributed by atoms with Crippen molar-refractivity contribution in [1.82, 2.24) is 4.90 Å². The van der Waals surface area contributed by atoms with Gasteiger partial charge in [0.25, 0.3) is 5.91 Å². The summed E-state index contributed by atoms with van der Waals surface area (Å²) in [6, 6.07) is 5.18. The van der Waals surface area contributed by atoms with Gasteiger partial charge in [-0.2, -0.15) is 0 Å². The number of thiocarbonyl (C=S) groups is 1. The second kappa shape index (κ2) is 12.9. The van der Waals surface area contributed by atoms with E-state index in [0.29, 0.717) is 35.6 Å². The summed E-state index contributed by atoms with van der Waals surface area (Å²) in [5.74, 6) is 1.38. The molecular weight excluding hydrogens is 430 g/mol. The molecule has 1 heterocycles. The quantitative estimate of drug-likeness (QED) is 0.267. The summed E-state index contributed by atoms with van der Waals surface area (Å²) < 4.78 is 33.2. The van der Waals surface area contributed by atoms with Crippen LogP contribution in [-0.2, 0) is 23.7 Å². The van der Waals surface area contributed by atoms with Crippen LogP contribution >= 0.6 is 24.0 Å². The smallest absolute Gasteiger partial charge is 0.315 e. The largest absolute Gasteiger partial charge is 0.437 e. The average Bonchev–Trinajstić information content (AvgIpc) is 3.18. The number of nitrogens with zero attached hydrogens (tertiary/aromatic N) is 1. The van der Waals surface area contributed by atoms with Gasteiger partial charge in [-0.25, -0.2) is 0 Å². The van der Waals surface area contributed by atoms with Crippen molar-refractivity contribution in [2.24, 2.45) is 0 Å². The molecule has 0 N–H and O–H groups in total. The minimum Gasteiger partial charge on any atom is -0.437 e. The van der Waals surface area contributed by atoms with E-state index >= 15 is 0 Å². The van der Waals surface area contributed by atoms with E-state index in [-0.39, 0.29) is 5.91 Å². The van der Waals surface area contributed by atoms with Gasteiger partial charge in [0.1, 0.15) is 4.32 Å². The number of hydrogen-bond acceptors (Lipinski definition) is 9. The maximum absolute atomic E-state index is 12.4. The maximum Gasteiger partial charge on any atom is 0.315 e. The van der Waals surface area contributed by atoms with E-state index in [1.165, 1.54) is 32.1 Å². The zero-order valence-corrected chi connectivity index (χ0v) is 19.1. The van der Waals surface area contributed by atoms with Crippen LogP contribution in [0.5, 0.6) is 11.5 Å². The van der Waals surface area contributed by atoms with E-state index in [1.54, 1.807) is 29.2 Å². The predicted molar refractivity (Wildman–Crippen MR) is 118 cm³/mol. The Kier molecular flexibility index (Phi) is 10.6. The summed E-state index contributed by atoms with van der Waals surface area (Å²) in [4.78, 5) is 13.9. The van der Waals surface area contributed by atoms with Crippen molar-refractivity contribution in [3.05, 3.63) is 29.8 Å². The van der Waals surface area contributed by atoms with Gasteiger partial charge in [-0.15, -0.1) is 0 Å². The predicted octanol–water partition coefficient (Wildman–Crippen LogP) is 3.25. The Morgan fingerprint density at radius 3 is 2.30 bits per heavy atom. The molecule has 1 aliphatic heterocycles. The summed E-state index contributed by atoms with van der Waals surface area (Å²) in [6.07, 6.45) is 3.16. The number of benzene rings is 1. The SMILES string of the molecule is CCOC(OC)Oc1ccc(/C=C/C(=O)N2CCSC2=S)cc1OC(OC)OCC. The first-order valence-corrected chi connectivity index (χ1v) is 10.8. The fourth-order valence-electron chi connectivity index (χ4n) is 2.45. The molecule has 2 unspecified atom stereocenters. The van der Waals surface area contributed by atoms with Gasteiger partial charge in [-0.3, -0.25) is 9.69 Å². The molecule has 0 spiro atoms. The lowest BCUT2D eigenvalue weighted by atomic mass is 10.2. The molecule has 0 radical (unpaired) electrons. The number of hydrogen-bond donors (Lipinski definition) is 0. The third-order valence-electron chi connectivity index (χ3n) is 3.85. The van der Waals surface area contributed by atoms with Crippen LogP contribution in [0, 0.1) is 0 Å². The van der Waals surface area contributed by atoms with Gasteiger partial charge in [0, 0.05) is 32.6 Å². The number of thioether (sulfide) groups is 1. The molecule has 10 heteroatoms. The van der Waals surface area contributed by atoms with Crippen molar-refractivity contribution >= 4 is 40.3 Å². The van der Waals surface area contributed by atoms with Crippen molar-refractivity contribution in [2.45, 2.75) is 26.8 Å². The Hall–Kier alpha value is -1.69. The summed E-state index contributed by atoms with van der Waals surface area (Å²) >= 11 is 6.69. The van der Waals surface area contributed by atoms with Crippen LogP contribution in [0.15, 0.2) is 24.3 Å². The minimum atomic E-state index is -0.926. The molecule has 1 fully saturated rings. The third-order valence-corrected chi connectivity index (χ3v) is 5.28. The molecule has 1 aromatic carbocycles. The molecule has 1 aliphatic rings. The van der Waals surface area contributed by atoms with E-state index in [1.807, 2.05) is 13.8 Å². The van der Waals surface area contributed by atoms with Crippen molar-refractivity contribution in [2.75, 3.05) is 39.7 Å². The highest BCUT2D eigenvalue weighted by Crippen LogP contribution is 2.31. The van der Waals surface area contributed by atoms with Crippen molar-refractivity contribution < 1.29 is 33.2 Å². The van der Waals surface area contributed by atoms with E-state index in [0.717, 1.165) is 11.3 Å². The molecule has 166 valence electrons. The second-order valence-corrected chi connectivity index (χ2v) is 7.57. The van der Waals surface area contributed by atoms with Gasteiger partial charge in [0.05, 0.1) is 13.2 Å². The fraction of sp³-hybridized carbons (Fsp3) is 0.500. The monoisotopic (exact) mass is 457 g/mol. The molecule has 1 saturated heterocycles. The van der Waals surface area contributed by atoms with E-state index in [9.17, 15) is 4.79 Å². The Labute approximate surface area is 186 Å². The summed E-state index contributed by atoms with van der Waals surface area (Å²) in [7, 11) is 2.95. The Morgan fingerprint density at radius 2 is 1.77 bits per heavy atom. The van der Waals surface area contributed by atoms with Crippen molar-refractivity contribution in [3.8, 4) is 11.5 Å². The van der Waals surface area contributed by atoms with Crippen LogP contribution in [0.2, 0.25) is 0 Å². The van der Waals surface area contributed by atoms with Gasteiger partial charge < -0.3 is 28.4 Å². The molecule has 0 bridgehead atoms. The Balaban J connectivity index is 2.22. The molecular formula is C20H27NO7S2. The van der Waals surface area contributed by atoms with Crippen LogP contribution in [0.3, 0.4) is 0 Å². The highest BCUT2D eigenvalue weighted by atomic mass is 32.2. The van der Waals surface area contributed by atoms with Crippen LogP contribution in [0.1, 0.15) is 19.4 Å². The lowest BCUT2D eigenvalue weighted by Crippen LogP contribution is -2.28. The first kappa shape index (κ1) is 24.6. The zero-order valence-electron chi connectivity index (χ0n) is 17.5. The number of carbonyl (C=O) groups excluding carboxylic acids is 1. The van der Waals surface area contributed by atoms with Gasteiger partial charge in [-0.1, -0.05) is 30.0 Å². The first-order valence-electron chi connectivity index (χ1n) is 9.44. The number of carbonyl (C=O) groups is 1.